The second-order valence-electron chi connectivity index (χ2n) is 8.60. The van der Waals surface area contributed by atoms with Crippen molar-refractivity contribution in [1.29, 1.82) is 0 Å². The number of nitrogens with zero attached hydrogens (tertiary/aromatic N) is 2. The Bertz CT molecular complexity index is 1370. The van der Waals surface area contributed by atoms with Gasteiger partial charge in [0.05, 0.1) is 26.3 Å². The molecular weight excluding hydrogens is 436 g/mol. The van der Waals surface area contributed by atoms with E-state index in [2.05, 4.69) is 15.6 Å². The van der Waals surface area contributed by atoms with Gasteiger partial charge in [0.2, 0.25) is 0 Å². The van der Waals surface area contributed by atoms with Crippen molar-refractivity contribution in [2.75, 3.05) is 19.0 Å². The molecule has 1 aliphatic carbocycles. The molecule has 170 valence electrons. The van der Waals surface area contributed by atoms with Crippen LogP contribution in [-0.2, 0) is 0 Å². The number of carbonyl (C=O) groups is 2. The molecule has 3 aromatic heterocycles. The maximum atomic E-state index is 13.1. The number of pyridine rings is 1. The van der Waals surface area contributed by atoms with Crippen molar-refractivity contribution in [3.8, 4) is 0 Å². The van der Waals surface area contributed by atoms with Crippen LogP contribution < -0.4 is 10.6 Å². The number of aryl methyl sites for hydroxylation is 1. The first-order valence-corrected chi connectivity index (χ1v) is 12.0. The molecule has 33 heavy (non-hydrogen) atoms. The van der Waals surface area contributed by atoms with Crippen LogP contribution in [0, 0.1) is 18.8 Å². The fraction of sp³-hybridized carbons (Fsp3) is 0.320. The summed E-state index contributed by atoms with van der Waals surface area (Å²) in [4.78, 5) is 30.5. The number of hydrogen-bond donors (Lipinski definition) is 3. The van der Waals surface area contributed by atoms with Gasteiger partial charge in [0.25, 0.3) is 0 Å². The van der Waals surface area contributed by atoms with Crippen molar-refractivity contribution in [3.05, 3.63) is 53.2 Å². The number of thiophene rings is 1. The molecule has 0 aliphatic heterocycles. The summed E-state index contributed by atoms with van der Waals surface area (Å²) in [6, 6.07) is 11.5. The topological polar surface area (TPSA) is 96.3 Å². The zero-order valence-corrected chi connectivity index (χ0v) is 19.4. The average molecular weight is 463 g/mol. The monoisotopic (exact) mass is 462 g/mol. The summed E-state index contributed by atoms with van der Waals surface area (Å²) in [5.74, 6) is 0.0768. The first-order chi connectivity index (χ1) is 16.0. The van der Waals surface area contributed by atoms with Crippen LogP contribution in [0.5, 0.6) is 0 Å². The Morgan fingerprint density at radius 2 is 2.06 bits per heavy atom. The van der Waals surface area contributed by atoms with Gasteiger partial charge in [0.15, 0.2) is 5.78 Å². The molecule has 1 saturated carbocycles. The van der Waals surface area contributed by atoms with E-state index in [1.165, 1.54) is 11.3 Å². The molecule has 7 nitrogen and oxygen atoms in total. The number of hydrogen-bond acceptors (Lipinski definition) is 6. The maximum absolute atomic E-state index is 13.1. The molecule has 1 amide bonds. The van der Waals surface area contributed by atoms with Crippen LogP contribution in [0.15, 0.2) is 42.6 Å². The minimum Gasteiger partial charge on any atom is -0.396 e. The molecule has 0 bridgehead atoms. The van der Waals surface area contributed by atoms with E-state index < -0.39 is 0 Å². The Balaban J connectivity index is 1.46. The number of rotatable bonds is 5. The molecule has 1 aliphatic rings. The zero-order valence-electron chi connectivity index (χ0n) is 18.6. The summed E-state index contributed by atoms with van der Waals surface area (Å²) in [6.07, 6.45) is 4.47. The lowest BCUT2D eigenvalue weighted by atomic mass is 9.92. The number of anilines is 2. The third kappa shape index (κ3) is 3.79. The van der Waals surface area contributed by atoms with Crippen molar-refractivity contribution in [2.24, 2.45) is 11.8 Å². The molecule has 2 atom stereocenters. The van der Waals surface area contributed by atoms with Crippen molar-refractivity contribution in [2.45, 2.75) is 26.2 Å². The Kier molecular flexibility index (Phi) is 5.64. The second-order valence-corrected chi connectivity index (χ2v) is 9.65. The minimum absolute atomic E-state index is 0.0607. The third-order valence-electron chi connectivity index (χ3n) is 6.57. The van der Waals surface area contributed by atoms with E-state index in [-0.39, 0.29) is 30.3 Å². The fourth-order valence-corrected chi connectivity index (χ4v) is 6.00. The highest BCUT2D eigenvalue weighted by Crippen LogP contribution is 2.38. The maximum Gasteiger partial charge on any atom is 0.325 e. The largest absolute Gasteiger partial charge is 0.396 e. The summed E-state index contributed by atoms with van der Waals surface area (Å²) < 4.78 is 2.59. The minimum atomic E-state index is -0.166. The SMILES string of the molecule is CNC(=O)n1c(C)cc2cc(Nc3ccnc4cc(C(=O)C5CCC[C@@H]5CO)sc34)ccc21. The van der Waals surface area contributed by atoms with E-state index in [1.807, 2.05) is 43.3 Å². The molecule has 1 fully saturated rings. The van der Waals surface area contributed by atoms with Gasteiger partial charge >= 0.3 is 6.03 Å². The van der Waals surface area contributed by atoms with Gasteiger partial charge in [-0.05, 0) is 62.1 Å². The lowest BCUT2D eigenvalue weighted by Crippen LogP contribution is -2.25. The van der Waals surface area contributed by atoms with Gasteiger partial charge in [-0.15, -0.1) is 11.3 Å². The normalized spacial score (nSPS) is 18.2. The highest BCUT2D eigenvalue weighted by molar-refractivity contribution is 7.21. The highest BCUT2D eigenvalue weighted by atomic mass is 32.1. The quantitative estimate of drug-likeness (QED) is 0.359. The molecule has 3 N–H and O–H groups in total. The van der Waals surface area contributed by atoms with Crippen molar-refractivity contribution < 1.29 is 14.7 Å². The summed E-state index contributed by atoms with van der Waals surface area (Å²) in [7, 11) is 1.62. The molecule has 1 aromatic carbocycles. The third-order valence-corrected chi connectivity index (χ3v) is 7.74. The van der Waals surface area contributed by atoms with E-state index in [0.29, 0.717) is 4.88 Å². The number of amides is 1. The van der Waals surface area contributed by atoms with E-state index in [1.54, 1.807) is 17.8 Å². The average Bonchev–Trinajstić information content (AvgIpc) is 3.54. The molecule has 5 rings (SSSR count). The van der Waals surface area contributed by atoms with E-state index >= 15 is 0 Å². The summed E-state index contributed by atoms with van der Waals surface area (Å²) in [5, 5.41) is 16.7. The Labute approximate surface area is 195 Å². The van der Waals surface area contributed by atoms with Gasteiger partial charge in [-0.3, -0.25) is 14.3 Å². The number of Topliss-reactive ketones (excluding diaryl/α,β-unsaturated/α-hetero) is 1. The molecule has 4 aromatic rings. The van der Waals surface area contributed by atoms with Crippen LogP contribution in [-0.4, -0.2) is 40.1 Å². The smallest absolute Gasteiger partial charge is 0.325 e. The lowest BCUT2D eigenvalue weighted by Gasteiger charge is -2.14. The second kappa shape index (κ2) is 8.61. The summed E-state index contributed by atoms with van der Waals surface area (Å²) in [5.41, 5.74) is 4.27. The summed E-state index contributed by atoms with van der Waals surface area (Å²) >= 11 is 1.45. The van der Waals surface area contributed by atoms with Crippen LogP contribution >= 0.6 is 11.3 Å². The predicted molar refractivity (Wildman–Crippen MR) is 132 cm³/mol. The van der Waals surface area contributed by atoms with Gasteiger partial charge in [0, 0.05) is 42.5 Å². The van der Waals surface area contributed by atoms with Crippen molar-refractivity contribution in [1.82, 2.24) is 14.9 Å². The Hall–Kier alpha value is -3.23. The van der Waals surface area contributed by atoms with Gasteiger partial charge in [-0.1, -0.05) is 6.42 Å². The van der Waals surface area contributed by atoms with E-state index in [0.717, 1.165) is 57.5 Å². The molecule has 0 radical (unpaired) electrons. The molecular formula is C25H26N4O3S. The molecule has 0 spiro atoms. The molecule has 1 unspecified atom stereocenters. The van der Waals surface area contributed by atoms with Crippen molar-refractivity contribution in [3.63, 3.8) is 0 Å². The van der Waals surface area contributed by atoms with Gasteiger partial charge in [0.1, 0.15) is 0 Å². The Morgan fingerprint density at radius 1 is 1.21 bits per heavy atom. The number of aromatic nitrogens is 2. The zero-order chi connectivity index (χ0) is 23.1. The molecule has 0 saturated heterocycles. The predicted octanol–water partition coefficient (Wildman–Crippen LogP) is 5.08. The number of aliphatic hydroxyl groups is 1. The standard InChI is InChI=1S/C25H26N4O3S/c1-14-10-16-11-17(6-7-21(16)29(14)25(32)26-2)28-19-8-9-27-20-12-22(33-24(19)20)23(31)18-5-3-4-15(18)13-30/h6-12,15,18,30H,3-5,13H2,1-2H3,(H,26,32)(H,27,28)/t15-,18?/m1/s1. The lowest BCUT2D eigenvalue weighted by molar-refractivity contribution is 0.0855. The van der Waals surface area contributed by atoms with Crippen LogP contribution in [0.1, 0.15) is 34.6 Å². The van der Waals surface area contributed by atoms with Crippen LogP contribution in [0.3, 0.4) is 0 Å². The summed E-state index contributed by atoms with van der Waals surface area (Å²) in [6.45, 7) is 1.97. The number of nitrogens with one attached hydrogen (secondary N) is 2. The number of aliphatic hydroxyl groups excluding tert-OH is 1. The van der Waals surface area contributed by atoms with E-state index in [4.69, 9.17) is 0 Å². The number of benzene rings is 1. The Morgan fingerprint density at radius 3 is 2.85 bits per heavy atom. The van der Waals surface area contributed by atoms with Gasteiger partial charge in [-0.2, -0.15) is 0 Å². The number of ketones is 1. The fourth-order valence-electron chi connectivity index (χ4n) is 4.91. The molecule has 8 heteroatoms. The van der Waals surface area contributed by atoms with Crippen LogP contribution in [0.2, 0.25) is 0 Å². The van der Waals surface area contributed by atoms with Gasteiger partial charge < -0.3 is 15.7 Å². The molecule has 3 heterocycles. The van der Waals surface area contributed by atoms with Crippen LogP contribution in [0.4, 0.5) is 16.2 Å². The number of carbonyl (C=O) groups excluding carboxylic acids is 2. The first-order valence-electron chi connectivity index (χ1n) is 11.1. The van der Waals surface area contributed by atoms with E-state index in [9.17, 15) is 14.7 Å². The highest BCUT2D eigenvalue weighted by Gasteiger charge is 2.33. The first kappa shape index (κ1) is 21.6. The van der Waals surface area contributed by atoms with Crippen molar-refractivity contribution >= 4 is 55.6 Å². The van der Waals surface area contributed by atoms with Crippen LogP contribution in [0.25, 0.3) is 21.1 Å². The van der Waals surface area contributed by atoms with Gasteiger partial charge in [-0.25, -0.2) is 4.79 Å². The number of fused-ring (bicyclic) bond motifs is 2.